The molecule has 15 heavy (non-hydrogen) atoms. The third-order valence-corrected chi connectivity index (χ3v) is 3.58. The Morgan fingerprint density at radius 1 is 1.27 bits per heavy atom. The van der Waals surface area contributed by atoms with Crippen molar-refractivity contribution >= 4 is 11.8 Å². The van der Waals surface area contributed by atoms with Gasteiger partial charge in [-0.25, -0.2) is 0 Å². The fraction of sp³-hybridized carbons (Fsp3) is 0.833. The van der Waals surface area contributed by atoms with Crippen LogP contribution in [0.5, 0.6) is 0 Å². The smallest absolute Gasteiger partial charge is 0.227 e. The molecule has 0 aromatic rings. The van der Waals surface area contributed by atoms with Gasteiger partial charge in [-0.05, 0) is 24.2 Å². The number of imide groups is 1. The molecule has 1 aliphatic heterocycles. The normalized spacial score (nSPS) is 22.3. The molecule has 1 aliphatic rings. The molecule has 1 heterocycles. The topological polar surface area (TPSA) is 46.2 Å². The number of rotatable bonds is 4. The lowest BCUT2D eigenvalue weighted by atomic mass is 9.70. The van der Waals surface area contributed by atoms with Gasteiger partial charge in [0, 0.05) is 12.8 Å². The van der Waals surface area contributed by atoms with E-state index in [4.69, 9.17) is 0 Å². The highest BCUT2D eigenvalue weighted by molar-refractivity contribution is 5.98. The Morgan fingerprint density at radius 3 is 2.20 bits per heavy atom. The summed E-state index contributed by atoms with van der Waals surface area (Å²) in [5.74, 6) is 0.386. The fourth-order valence-electron chi connectivity index (χ4n) is 2.41. The van der Waals surface area contributed by atoms with Crippen LogP contribution in [-0.2, 0) is 9.59 Å². The first-order valence-corrected chi connectivity index (χ1v) is 5.84. The lowest BCUT2D eigenvalue weighted by Gasteiger charge is -2.36. The minimum Gasteiger partial charge on any atom is -0.296 e. The van der Waals surface area contributed by atoms with E-state index in [2.05, 4.69) is 26.1 Å². The molecule has 1 rings (SSSR count). The first-order chi connectivity index (χ1) is 7.01. The number of piperidine rings is 1. The molecule has 2 amide bonds. The Hall–Kier alpha value is -0.860. The SMILES string of the molecule is CCC(C)CC1(CC)CC(=O)NC(=O)C1. The summed E-state index contributed by atoms with van der Waals surface area (Å²) in [4.78, 5) is 22.8. The van der Waals surface area contributed by atoms with E-state index in [1.807, 2.05) is 0 Å². The summed E-state index contributed by atoms with van der Waals surface area (Å²) in [6, 6.07) is 0. The van der Waals surface area contributed by atoms with Crippen LogP contribution in [0.4, 0.5) is 0 Å². The molecule has 0 bridgehead atoms. The number of nitrogens with one attached hydrogen (secondary N) is 1. The van der Waals surface area contributed by atoms with E-state index in [9.17, 15) is 9.59 Å². The van der Waals surface area contributed by atoms with Gasteiger partial charge in [-0.15, -0.1) is 0 Å². The second-order valence-corrected chi connectivity index (χ2v) is 4.90. The van der Waals surface area contributed by atoms with E-state index < -0.39 is 0 Å². The summed E-state index contributed by atoms with van der Waals surface area (Å²) >= 11 is 0. The molecule has 0 radical (unpaired) electrons. The molecule has 86 valence electrons. The van der Waals surface area contributed by atoms with Gasteiger partial charge in [-0.1, -0.05) is 27.2 Å². The van der Waals surface area contributed by atoms with Crippen molar-refractivity contribution in [1.29, 1.82) is 0 Å². The molecule has 1 atom stereocenters. The van der Waals surface area contributed by atoms with Crippen molar-refractivity contribution in [2.45, 2.75) is 52.9 Å². The molecule has 3 nitrogen and oxygen atoms in total. The van der Waals surface area contributed by atoms with Gasteiger partial charge in [0.2, 0.25) is 11.8 Å². The van der Waals surface area contributed by atoms with Gasteiger partial charge in [0.25, 0.3) is 0 Å². The van der Waals surface area contributed by atoms with Crippen LogP contribution in [0.2, 0.25) is 0 Å². The Morgan fingerprint density at radius 2 is 1.80 bits per heavy atom. The van der Waals surface area contributed by atoms with Gasteiger partial charge in [-0.2, -0.15) is 0 Å². The summed E-state index contributed by atoms with van der Waals surface area (Å²) in [5, 5.41) is 2.38. The first kappa shape index (κ1) is 12.2. The Bertz CT molecular complexity index is 244. The van der Waals surface area contributed by atoms with Crippen molar-refractivity contribution in [1.82, 2.24) is 5.32 Å². The maximum absolute atomic E-state index is 11.4. The van der Waals surface area contributed by atoms with Crippen LogP contribution in [-0.4, -0.2) is 11.8 Å². The molecular weight excluding hydrogens is 190 g/mol. The van der Waals surface area contributed by atoms with Gasteiger partial charge < -0.3 is 0 Å². The largest absolute Gasteiger partial charge is 0.296 e. The van der Waals surface area contributed by atoms with Gasteiger partial charge in [0.05, 0.1) is 0 Å². The average molecular weight is 211 g/mol. The summed E-state index contributed by atoms with van der Waals surface area (Å²) < 4.78 is 0. The molecule has 1 N–H and O–H groups in total. The minimum atomic E-state index is -0.101. The zero-order valence-electron chi connectivity index (χ0n) is 9.93. The van der Waals surface area contributed by atoms with Crippen molar-refractivity contribution in [2.75, 3.05) is 0 Å². The zero-order valence-corrected chi connectivity index (χ0v) is 9.93. The molecule has 0 saturated carbocycles. The molecule has 1 unspecified atom stereocenters. The third kappa shape index (κ3) is 3.05. The van der Waals surface area contributed by atoms with E-state index in [1.54, 1.807) is 0 Å². The average Bonchev–Trinajstić information content (AvgIpc) is 2.16. The van der Waals surface area contributed by atoms with Crippen molar-refractivity contribution in [2.24, 2.45) is 11.3 Å². The van der Waals surface area contributed by atoms with Gasteiger partial charge in [0.1, 0.15) is 0 Å². The highest BCUT2D eigenvalue weighted by atomic mass is 16.2. The van der Waals surface area contributed by atoms with E-state index in [-0.39, 0.29) is 17.2 Å². The monoisotopic (exact) mass is 211 g/mol. The van der Waals surface area contributed by atoms with Crippen LogP contribution in [0, 0.1) is 11.3 Å². The Labute approximate surface area is 91.6 Å². The molecule has 3 heteroatoms. The van der Waals surface area contributed by atoms with Crippen molar-refractivity contribution in [3.8, 4) is 0 Å². The maximum Gasteiger partial charge on any atom is 0.227 e. The van der Waals surface area contributed by atoms with Crippen LogP contribution in [0.25, 0.3) is 0 Å². The summed E-state index contributed by atoms with van der Waals surface area (Å²) in [6.07, 6.45) is 4.03. The molecule has 0 aromatic carbocycles. The number of hydrogen-bond acceptors (Lipinski definition) is 2. The van der Waals surface area contributed by atoms with Crippen LogP contribution >= 0.6 is 0 Å². The van der Waals surface area contributed by atoms with E-state index in [0.717, 1.165) is 19.3 Å². The molecule has 0 spiro atoms. The maximum atomic E-state index is 11.4. The molecule has 0 aliphatic carbocycles. The van der Waals surface area contributed by atoms with Gasteiger partial charge >= 0.3 is 0 Å². The van der Waals surface area contributed by atoms with E-state index >= 15 is 0 Å². The summed E-state index contributed by atoms with van der Waals surface area (Å²) in [6.45, 7) is 6.42. The van der Waals surface area contributed by atoms with Crippen molar-refractivity contribution < 1.29 is 9.59 Å². The van der Waals surface area contributed by atoms with Crippen molar-refractivity contribution in [3.63, 3.8) is 0 Å². The number of carbonyl (C=O) groups is 2. The lowest BCUT2D eigenvalue weighted by molar-refractivity contribution is -0.138. The highest BCUT2D eigenvalue weighted by Crippen LogP contribution is 2.40. The first-order valence-electron chi connectivity index (χ1n) is 5.84. The number of carbonyl (C=O) groups excluding carboxylic acids is 2. The fourth-order valence-corrected chi connectivity index (χ4v) is 2.41. The van der Waals surface area contributed by atoms with E-state index in [0.29, 0.717) is 18.8 Å². The summed E-state index contributed by atoms with van der Waals surface area (Å²) in [5.41, 5.74) is -0.0746. The summed E-state index contributed by atoms with van der Waals surface area (Å²) in [7, 11) is 0. The lowest BCUT2D eigenvalue weighted by Crippen LogP contribution is -2.45. The molecule has 1 saturated heterocycles. The predicted molar refractivity (Wildman–Crippen MR) is 59.2 cm³/mol. The molecular formula is C12H21NO2. The Kier molecular flexibility index (Phi) is 3.89. The van der Waals surface area contributed by atoms with Crippen LogP contribution < -0.4 is 5.32 Å². The highest BCUT2D eigenvalue weighted by Gasteiger charge is 2.38. The predicted octanol–water partition coefficient (Wildman–Crippen LogP) is 2.26. The molecule has 0 aromatic heterocycles. The van der Waals surface area contributed by atoms with Gasteiger partial charge in [0.15, 0.2) is 0 Å². The quantitative estimate of drug-likeness (QED) is 0.725. The van der Waals surface area contributed by atoms with Crippen molar-refractivity contribution in [3.05, 3.63) is 0 Å². The van der Waals surface area contributed by atoms with Crippen LogP contribution in [0.1, 0.15) is 52.9 Å². The van der Waals surface area contributed by atoms with Crippen LogP contribution in [0.3, 0.4) is 0 Å². The Balaban J connectivity index is 2.74. The second-order valence-electron chi connectivity index (χ2n) is 4.90. The van der Waals surface area contributed by atoms with Gasteiger partial charge in [-0.3, -0.25) is 14.9 Å². The number of hydrogen-bond donors (Lipinski definition) is 1. The minimum absolute atomic E-state index is 0.0746. The van der Waals surface area contributed by atoms with Crippen LogP contribution in [0.15, 0.2) is 0 Å². The second kappa shape index (κ2) is 4.77. The zero-order chi connectivity index (χ0) is 11.5. The number of amides is 2. The molecule has 1 fully saturated rings. The third-order valence-electron chi connectivity index (χ3n) is 3.58. The standard InChI is InChI=1S/C12H21NO2/c1-4-9(3)6-12(5-2)7-10(14)13-11(15)8-12/h9H,4-8H2,1-3H3,(H,13,14,15). The van der Waals surface area contributed by atoms with E-state index in [1.165, 1.54) is 0 Å².